The summed E-state index contributed by atoms with van der Waals surface area (Å²) in [4.78, 5) is 3.90. The van der Waals surface area contributed by atoms with Gasteiger partial charge in [0.1, 0.15) is 0 Å². The van der Waals surface area contributed by atoms with Gasteiger partial charge in [-0.3, -0.25) is 4.99 Å². The molecule has 0 saturated heterocycles. The molecule has 1 nitrogen and oxygen atoms in total. The Morgan fingerprint density at radius 2 is 1.69 bits per heavy atom. The van der Waals surface area contributed by atoms with Crippen LogP contribution in [0.25, 0.3) is 0 Å². The minimum Gasteiger partial charge on any atom is -0.297 e. The van der Waals surface area contributed by atoms with E-state index in [0.717, 1.165) is 6.42 Å². The summed E-state index contributed by atoms with van der Waals surface area (Å²) in [6, 6.07) is 0. The first kappa shape index (κ1) is 14.9. The first-order valence-electron chi connectivity index (χ1n) is 5.03. The molecule has 0 aliphatic carbocycles. The average molecular weight is 183 g/mol. The normalized spacial score (nSPS) is 12.7. The highest BCUT2D eigenvalue weighted by molar-refractivity contribution is 5.71. The van der Waals surface area contributed by atoms with Gasteiger partial charge in [0, 0.05) is 13.3 Å². The van der Waals surface area contributed by atoms with Gasteiger partial charge in [0.15, 0.2) is 0 Å². The lowest BCUT2D eigenvalue weighted by atomic mass is 9.88. The number of rotatable bonds is 2. The second-order valence-electron chi connectivity index (χ2n) is 4.16. The van der Waals surface area contributed by atoms with Gasteiger partial charge in [-0.2, -0.15) is 0 Å². The zero-order valence-corrected chi connectivity index (χ0v) is 10.3. The van der Waals surface area contributed by atoms with Gasteiger partial charge in [0.25, 0.3) is 0 Å². The summed E-state index contributed by atoms with van der Waals surface area (Å²) < 4.78 is 0. The predicted octanol–water partition coefficient (Wildman–Crippen LogP) is 4.10. The quantitative estimate of drug-likeness (QED) is 0.572. The molecule has 0 saturated carbocycles. The van der Waals surface area contributed by atoms with Crippen LogP contribution in [0.15, 0.2) is 16.6 Å². The van der Waals surface area contributed by atoms with E-state index in [1.54, 1.807) is 7.05 Å². The van der Waals surface area contributed by atoms with Crippen LogP contribution in [0.5, 0.6) is 0 Å². The van der Waals surface area contributed by atoms with Gasteiger partial charge in [-0.15, -0.1) is 0 Å². The molecule has 0 N–H and O–H groups in total. The van der Waals surface area contributed by atoms with E-state index in [2.05, 4.69) is 38.8 Å². The second kappa shape index (κ2) is 8.03. The second-order valence-corrected chi connectivity index (χ2v) is 4.16. The summed E-state index contributed by atoms with van der Waals surface area (Å²) in [6.07, 6.45) is 5.06. The predicted molar refractivity (Wildman–Crippen MR) is 63.6 cm³/mol. The van der Waals surface area contributed by atoms with Gasteiger partial charge >= 0.3 is 0 Å². The smallest absolute Gasteiger partial charge is 0.0277 e. The topological polar surface area (TPSA) is 12.4 Å². The van der Waals surface area contributed by atoms with Crippen molar-refractivity contribution in [1.82, 2.24) is 0 Å². The summed E-state index contributed by atoms with van der Waals surface area (Å²) in [6.45, 7) is 12.9. The lowest BCUT2D eigenvalue weighted by Crippen LogP contribution is -2.04. The van der Waals surface area contributed by atoms with Crippen LogP contribution < -0.4 is 0 Å². The maximum atomic E-state index is 3.90. The van der Waals surface area contributed by atoms with Gasteiger partial charge in [0.2, 0.25) is 0 Å². The van der Waals surface area contributed by atoms with Crippen LogP contribution in [-0.4, -0.2) is 13.3 Å². The number of hydrogen-bond acceptors (Lipinski definition) is 1. The fourth-order valence-corrected chi connectivity index (χ4v) is 1.10. The molecule has 0 aliphatic rings. The average Bonchev–Trinajstić information content (AvgIpc) is 2.01. The highest BCUT2D eigenvalue weighted by Crippen LogP contribution is 2.22. The Morgan fingerprint density at radius 3 is 2.00 bits per heavy atom. The van der Waals surface area contributed by atoms with E-state index in [0.29, 0.717) is 5.41 Å². The standard InChI is InChI=1S/C10H19N.C2H6/c1-9(6-7-11-5)8-10(2,3)4;1-2/h6-7H,8H2,1-5H3;1-2H3/b9-6+,11-7?;. The largest absolute Gasteiger partial charge is 0.297 e. The fourth-order valence-electron chi connectivity index (χ4n) is 1.10. The van der Waals surface area contributed by atoms with Gasteiger partial charge in [0.05, 0.1) is 0 Å². The number of aliphatic imine (C=N–C) groups is 1. The third-order valence-corrected chi connectivity index (χ3v) is 1.32. The molecule has 0 atom stereocenters. The van der Waals surface area contributed by atoms with Crippen molar-refractivity contribution in [3.05, 3.63) is 11.6 Å². The Bertz CT molecular complexity index is 158. The lowest BCUT2D eigenvalue weighted by Gasteiger charge is -2.17. The minimum atomic E-state index is 0.391. The van der Waals surface area contributed by atoms with Crippen molar-refractivity contribution in [3.8, 4) is 0 Å². The molecule has 0 aromatic carbocycles. The van der Waals surface area contributed by atoms with E-state index in [1.165, 1.54) is 5.57 Å². The summed E-state index contributed by atoms with van der Waals surface area (Å²) in [7, 11) is 1.79. The maximum Gasteiger partial charge on any atom is 0.0277 e. The van der Waals surface area contributed by atoms with Crippen molar-refractivity contribution in [2.75, 3.05) is 7.05 Å². The Balaban J connectivity index is 0. The SMILES string of the molecule is CC.CN=C/C=C(\C)CC(C)(C)C. The van der Waals surface area contributed by atoms with Gasteiger partial charge in [-0.05, 0) is 24.8 Å². The molecule has 0 aromatic rings. The van der Waals surface area contributed by atoms with Gasteiger partial charge in [-0.1, -0.05) is 40.2 Å². The Morgan fingerprint density at radius 1 is 1.23 bits per heavy atom. The van der Waals surface area contributed by atoms with E-state index < -0.39 is 0 Å². The molecular formula is C12H25N. The molecule has 0 aliphatic heterocycles. The van der Waals surface area contributed by atoms with E-state index >= 15 is 0 Å². The highest BCUT2D eigenvalue weighted by atomic mass is 14.6. The van der Waals surface area contributed by atoms with Crippen LogP contribution in [0.3, 0.4) is 0 Å². The molecule has 0 spiro atoms. The van der Waals surface area contributed by atoms with E-state index in [-0.39, 0.29) is 0 Å². The van der Waals surface area contributed by atoms with Gasteiger partial charge in [-0.25, -0.2) is 0 Å². The maximum absolute atomic E-state index is 3.90. The van der Waals surface area contributed by atoms with E-state index in [4.69, 9.17) is 0 Å². The summed E-state index contributed by atoms with van der Waals surface area (Å²) in [5, 5.41) is 0. The summed E-state index contributed by atoms with van der Waals surface area (Å²) in [5.74, 6) is 0. The first-order valence-corrected chi connectivity index (χ1v) is 5.03. The third-order valence-electron chi connectivity index (χ3n) is 1.32. The van der Waals surface area contributed by atoms with Crippen LogP contribution in [0, 0.1) is 5.41 Å². The Labute approximate surface area is 84.0 Å². The van der Waals surface area contributed by atoms with Crippen molar-refractivity contribution >= 4 is 6.21 Å². The molecule has 0 unspecified atom stereocenters. The van der Waals surface area contributed by atoms with Crippen LogP contribution in [0.4, 0.5) is 0 Å². The zero-order chi connectivity index (χ0) is 10.9. The Kier molecular flexibility index (Phi) is 9.21. The molecule has 0 heterocycles. The molecule has 0 amide bonds. The molecule has 13 heavy (non-hydrogen) atoms. The molecule has 0 rings (SSSR count). The third kappa shape index (κ3) is 14.3. The van der Waals surface area contributed by atoms with Crippen LogP contribution in [0.1, 0.15) is 48.0 Å². The van der Waals surface area contributed by atoms with Crippen LogP contribution in [0.2, 0.25) is 0 Å². The van der Waals surface area contributed by atoms with Crippen molar-refractivity contribution in [2.24, 2.45) is 10.4 Å². The molecule has 0 bridgehead atoms. The molecule has 0 aromatic heterocycles. The Hall–Kier alpha value is -0.590. The fraction of sp³-hybridized carbons (Fsp3) is 0.750. The van der Waals surface area contributed by atoms with Crippen molar-refractivity contribution in [2.45, 2.75) is 48.0 Å². The zero-order valence-electron chi connectivity index (χ0n) is 10.3. The molecule has 1 heteroatoms. The van der Waals surface area contributed by atoms with Gasteiger partial charge < -0.3 is 0 Å². The van der Waals surface area contributed by atoms with Crippen LogP contribution >= 0.6 is 0 Å². The molecule has 0 fully saturated rings. The molecular weight excluding hydrogens is 158 g/mol. The number of nitrogens with zero attached hydrogens (tertiary/aromatic N) is 1. The van der Waals surface area contributed by atoms with E-state index in [9.17, 15) is 0 Å². The summed E-state index contributed by atoms with van der Waals surface area (Å²) in [5.41, 5.74) is 1.78. The van der Waals surface area contributed by atoms with Crippen molar-refractivity contribution < 1.29 is 0 Å². The minimum absolute atomic E-state index is 0.391. The van der Waals surface area contributed by atoms with Crippen LogP contribution in [-0.2, 0) is 0 Å². The lowest BCUT2D eigenvalue weighted by molar-refractivity contribution is 0.410. The van der Waals surface area contributed by atoms with Crippen molar-refractivity contribution in [3.63, 3.8) is 0 Å². The van der Waals surface area contributed by atoms with Crippen molar-refractivity contribution in [1.29, 1.82) is 0 Å². The molecule has 78 valence electrons. The first-order chi connectivity index (χ1) is 5.95. The summed E-state index contributed by atoms with van der Waals surface area (Å²) >= 11 is 0. The highest BCUT2D eigenvalue weighted by Gasteiger charge is 2.09. The van der Waals surface area contributed by atoms with E-state index in [1.807, 2.05) is 20.1 Å². The number of hydrogen-bond donors (Lipinski definition) is 0. The number of allylic oxidation sites excluding steroid dienone is 2. The molecule has 0 radical (unpaired) electrons. The monoisotopic (exact) mass is 183 g/mol.